The van der Waals surface area contributed by atoms with Gasteiger partial charge in [0.05, 0.1) is 38.1 Å². The average molecular weight is 309 g/mol. The molecule has 1 heterocycles. The number of aliphatic hydroxyl groups excluding tert-OH is 2. The molecule has 0 unspecified atom stereocenters. The van der Waals surface area contributed by atoms with Crippen LogP contribution in [0.4, 0.5) is 8.78 Å². The van der Waals surface area contributed by atoms with Crippen molar-refractivity contribution in [3.63, 3.8) is 0 Å². The molecule has 124 valence electrons. The van der Waals surface area contributed by atoms with E-state index in [9.17, 15) is 13.9 Å². The molecular formula is C14H25F2NO4. The number of likely N-dealkylation sites (tertiary alicyclic amines) is 1. The van der Waals surface area contributed by atoms with Crippen LogP contribution in [-0.4, -0.2) is 78.8 Å². The van der Waals surface area contributed by atoms with Crippen LogP contribution in [0.3, 0.4) is 0 Å². The number of halogens is 2. The fourth-order valence-corrected chi connectivity index (χ4v) is 2.78. The molecule has 2 aliphatic rings. The summed E-state index contributed by atoms with van der Waals surface area (Å²) in [6, 6.07) is 0. The number of piperidine rings is 1. The molecule has 5 nitrogen and oxygen atoms in total. The molecule has 1 saturated carbocycles. The van der Waals surface area contributed by atoms with Gasteiger partial charge in [-0.2, -0.15) is 0 Å². The quantitative estimate of drug-likeness (QED) is 0.644. The molecule has 0 atom stereocenters. The Bertz CT molecular complexity index is 305. The predicted molar refractivity (Wildman–Crippen MR) is 72.4 cm³/mol. The van der Waals surface area contributed by atoms with Gasteiger partial charge in [0.1, 0.15) is 6.61 Å². The van der Waals surface area contributed by atoms with Gasteiger partial charge >= 0.3 is 0 Å². The van der Waals surface area contributed by atoms with E-state index in [1.54, 1.807) is 4.90 Å². The minimum absolute atomic E-state index is 0.0568. The first-order valence-corrected chi connectivity index (χ1v) is 7.61. The molecule has 7 heteroatoms. The molecule has 0 aromatic rings. The summed E-state index contributed by atoms with van der Waals surface area (Å²) in [6.07, 6.45) is 2.93. The van der Waals surface area contributed by atoms with E-state index in [2.05, 4.69) is 0 Å². The van der Waals surface area contributed by atoms with Gasteiger partial charge in [0.15, 0.2) is 0 Å². The highest BCUT2D eigenvalue weighted by Gasteiger charge is 2.35. The Morgan fingerprint density at radius 2 is 1.81 bits per heavy atom. The zero-order chi connectivity index (χ0) is 15.3. The van der Waals surface area contributed by atoms with Gasteiger partial charge in [-0.05, 0) is 25.7 Å². The number of hydrogen-bond acceptors (Lipinski definition) is 5. The average Bonchev–Trinajstić information content (AvgIpc) is 2.39. The molecule has 2 N–H and O–H groups in total. The maximum absolute atomic E-state index is 13.6. The molecule has 1 aliphatic heterocycles. The predicted octanol–water partition coefficient (Wildman–Crippen LogP) is 0.635. The van der Waals surface area contributed by atoms with Gasteiger partial charge in [0, 0.05) is 13.1 Å². The summed E-state index contributed by atoms with van der Waals surface area (Å²) in [5.41, 5.74) is 0. The molecule has 1 aliphatic carbocycles. The number of alkyl halides is 2. The molecule has 2 fully saturated rings. The Labute approximate surface area is 123 Å². The Morgan fingerprint density at radius 3 is 2.38 bits per heavy atom. The van der Waals surface area contributed by atoms with Crippen LogP contribution in [0.1, 0.15) is 25.7 Å². The fourth-order valence-electron chi connectivity index (χ4n) is 2.78. The lowest BCUT2D eigenvalue weighted by atomic mass is 9.91. The van der Waals surface area contributed by atoms with Crippen molar-refractivity contribution in [1.82, 2.24) is 4.90 Å². The summed E-state index contributed by atoms with van der Waals surface area (Å²) < 4.78 is 37.8. The number of ether oxygens (including phenoxy) is 2. The van der Waals surface area contributed by atoms with Crippen molar-refractivity contribution < 1.29 is 28.5 Å². The maximum Gasteiger partial charge on any atom is 0.283 e. The third-order valence-electron chi connectivity index (χ3n) is 3.99. The van der Waals surface area contributed by atoms with Gasteiger partial charge in [0.25, 0.3) is 5.92 Å². The number of aliphatic hydroxyl groups is 2. The first-order chi connectivity index (χ1) is 9.98. The first-order valence-electron chi connectivity index (χ1n) is 7.61. The molecule has 1 saturated heterocycles. The topological polar surface area (TPSA) is 62.2 Å². The van der Waals surface area contributed by atoms with Crippen LogP contribution in [0.5, 0.6) is 0 Å². The van der Waals surface area contributed by atoms with Crippen LogP contribution in [-0.2, 0) is 9.47 Å². The molecule has 21 heavy (non-hydrogen) atoms. The smallest absolute Gasteiger partial charge is 0.283 e. The third-order valence-corrected chi connectivity index (χ3v) is 3.99. The van der Waals surface area contributed by atoms with Crippen LogP contribution in [0.2, 0.25) is 0 Å². The van der Waals surface area contributed by atoms with Crippen molar-refractivity contribution in [3.05, 3.63) is 0 Å². The molecule has 0 radical (unpaired) electrons. The van der Waals surface area contributed by atoms with E-state index in [-0.39, 0.29) is 38.1 Å². The van der Waals surface area contributed by atoms with Gasteiger partial charge < -0.3 is 19.7 Å². The van der Waals surface area contributed by atoms with Crippen molar-refractivity contribution in [3.8, 4) is 0 Å². The van der Waals surface area contributed by atoms with E-state index >= 15 is 0 Å². The lowest BCUT2D eigenvalue weighted by Gasteiger charge is -2.38. The normalized spacial score (nSPS) is 28.6. The van der Waals surface area contributed by atoms with Crippen LogP contribution < -0.4 is 0 Å². The molecule has 0 bridgehead atoms. The summed E-state index contributed by atoms with van der Waals surface area (Å²) in [6.45, 7) is -0.0737. The van der Waals surface area contributed by atoms with Gasteiger partial charge in [-0.25, -0.2) is 8.78 Å². The van der Waals surface area contributed by atoms with Crippen molar-refractivity contribution >= 4 is 0 Å². The number of nitrogens with zero attached hydrogens (tertiary/aromatic N) is 1. The largest absolute Gasteiger partial charge is 0.394 e. The van der Waals surface area contributed by atoms with Crippen molar-refractivity contribution in [1.29, 1.82) is 0 Å². The summed E-state index contributed by atoms with van der Waals surface area (Å²) in [5, 5.41) is 17.7. The number of rotatable bonds is 8. The van der Waals surface area contributed by atoms with Crippen LogP contribution in [0.25, 0.3) is 0 Å². The minimum Gasteiger partial charge on any atom is -0.394 e. The lowest BCUT2D eigenvalue weighted by Crippen LogP contribution is -2.47. The van der Waals surface area contributed by atoms with Crippen molar-refractivity contribution in [2.45, 2.75) is 49.9 Å². The lowest BCUT2D eigenvalue weighted by molar-refractivity contribution is -0.129. The highest BCUT2D eigenvalue weighted by atomic mass is 19.3. The third kappa shape index (κ3) is 5.75. The van der Waals surface area contributed by atoms with Crippen molar-refractivity contribution in [2.75, 3.05) is 39.5 Å². The van der Waals surface area contributed by atoms with Gasteiger partial charge in [-0.15, -0.1) is 0 Å². The first kappa shape index (κ1) is 17.0. The second kappa shape index (κ2) is 7.78. The molecule has 0 amide bonds. The van der Waals surface area contributed by atoms with E-state index < -0.39 is 12.5 Å². The molecule has 0 aromatic heterocycles. The number of hydrogen-bond donors (Lipinski definition) is 2. The van der Waals surface area contributed by atoms with E-state index in [1.165, 1.54) is 0 Å². The van der Waals surface area contributed by atoms with E-state index in [4.69, 9.17) is 14.6 Å². The van der Waals surface area contributed by atoms with Crippen LogP contribution in [0, 0.1) is 0 Å². The maximum atomic E-state index is 13.6. The minimum atomic E-state index is -2.89. The van der Waals surface area contributed by atoms with Gasteiger partial charge in [-0.1, -0.05) is 0 Å². The summed E-state index contributed by atoms with van der Waals surface area (Å²) in [4.78, 5) is 1.73. The Hall–Kier alpha value is -0.340. The van der Waals surface area contributed by atoms with Gasteiger partial charge in [0.2, 0.25) is 0 Å². The molecular weight excluding hydrogens is 284 g/mol. The molecule has 2 rings (SSSR count). The second-order valence-corrected chi connectivity index (χ2v) is 5.99. The summed E-state index contributed by atoms with van der Waals surface area (Å²) in [7, 11) is 0. The van der Waals surface area contributed by atoms with Crippen molar-refractivity contribution in [2.24, 2.45) is 0 Å². The van der Waals surface area contributed by atoms with E-state index in [1.807, 2.05) is 0 Å². The second-order valence-electron chi connectivity index (χ2n) is 5.99. The van der Waals surface area contributed by atoms with E-state index in [0.29, 0.717) is 25.9 Å². The van der Waals surface area contributed by atoms with Gasteiger partial charge in [-0.3, -0.25) is 4.90 Å². The summed E-state index contributed by atoms with van der Waals surface area (Å²) >= 11 is 0. The highest BCUT2D eigenvalue weighted by molar-refractivity contribution is 4.83. The fraction of sp³-hybridized carbons (Fsp3) is 1.00. The van der Waals surface area contributed by atoms with Crippen LogP contribution in [0.15, 0.2) is 0 Å². The zero-order valence-corrected chi connectivity index (χ0v) is 12.2. The Balaban J connectivity index is 1.61. The highest BCUT2D eigenvalue weighted by Crippen LogP contribution is 2.27. The van der Waals surface area contributed by atoms with E-state index in [0.717, 1.165) is 12.8 Å². The zero-order valence-electron chi connectivity index (χ0n) is 12.2. The molecule has 0 spiro atoms. The Morgan fingerprint density at radius 1 is 1.14 bits per heavy atom. The SMILES string of the molecule is OCCOCC(F)(F)CN1CCC(OC2CC(O)C2)CC1. The molecule has 0 aromatic carbocycles. The Kier molecular flexibility index (Phi) is 6.31. The standard InChI is InChI=1S/C14H25F2NO4/c15-14(16,10-20-6-5-18)9-17-3-1-12(2-4-17)21-13-7-11(19)8-13/h11-13,18-19H,1-10H2. The summed E-state index contributed by atoms with van der Waals surface area (Å²) in [5.74, 6) is -2.89. The monoisotopic (exact) mass is 309 g/mol. The van der Waals surface area contributed by atoms with Crippen LogP contribution >= 0.6 is 0 Å².